The summed E-state index contributed by atoms with van der Waals surface area (Å²) in [5, 5.41) is 0. The van der Waals surface area contributed by atoms with E-state index in [2.05, 4.69) is 16.9 Å². The molecule has 2 aromatic rings. The van der Waals surface area contributed by atoms with Crippen LogP contribution < -0.4 is 0 Å². The zero-order chi connectivity index (χ0) is 12.3. The average molecular weight is 248 g/mol. The summed E-state index contributed by atoms with van der Waals surface area (Å²) in [5.74, 6) is -0.249. The van der Waals surface area contributed by atoms with Crippen molar-refractivity contribution >= 4 is 12.2 Å². The Morgan fingerprint density at radius 3 is 2.94 bits per heavy atom. The molecule has 1 heterocycles. The molecule has 4 heteroatoms. The summed E-state index contributed by atoms with van der Waals surface area (Å²) in [6.07, 6.45) is 3.38. The molecule has 0 saturated heterocycles. The van der Waals surface area contributed by atoms with Crippen LogP contribution in [0.2, 0.25) is 0 Å². The fraction of sp³-hybridized carbons (Fsp3) is 0.231. The Labute approximate surface area is 105 Å². The van der Waals surface area contributed by atoms with Crippen LogP contribution in [0.5, 0.6) is 0 Å². The molecule has 0 atom stereocenters. The highest BCUT2D eigenvalue weighted by Crippen LogP contribution is 2.23. The van der Waals surface area contributed by atoms with E-state index >= 15 is 0 Å². The Kier molecular flexibility index (Phi) is 3.64. The largest absolute Gasteiger partial charge is 0.346 e. The lowest BCUT2D eigenvalue weighted by Gasteiger charge is -2.08. The van der Waals surface area contributed by atoms with Gasteiger partial charge in [0.25, 0.3) is 0 Å². The van der Waals surface area contributed by atoms with E-state index in [-0.39, 0.29) is 5.82 Å². The average Bonchev–Trinajstić information content (AvgIpc) is 2.32. The molecule has 1 N–H and O–H groups in total. The van der Waals surface area contributed by atoms with Gasteiger partial charge in [0, 0.05) is 11.1 Å². The molecule has 88 valence electrons. The van der Waals surface area contributed by atoms with E-state index in [4.69, 9.17) is 12.2 Å². The Bertz CT molecular complexity index is 578. The number of nitrogens with zero attached hydrogens (tertiary/aromatic N) is 1. The van der Waals surface area contributed by atoms with Gasteiger partial charge in [0.15, 0.2) is 0 Å². The first kappa shape index (κ1) is 11.9. The van der Waals surface area contributed by atoms with Gasteiger partial charge in [-0.2, -0.15) is 0 Å². The first-order valence-electron chi connectivity index (χ1n) is 5.55. The van der Waals surface area contributed by atoms with Crippen LogP contribution in [0.25, 0.3) is 11.3 Å². The molecule has 0 bridgehead atoms. The van der Waals surface area contributed by atoms with Crippen LogP contribution in [0.1, 0.15) is 18.9 Å². The van der Waals surface area contributed by atoms with E-state index in [1.54, 1.807) is 12.4 Å². The quantitative estimate of drug-likeness (QED) is 0.835. The fourth-order valence-electron chi connectivity index (χ4n) is 1.81. The van der Waals surface area contributed by atoms with Crippen LogP contribution in [0.15, 0.2) is 30.6 Å². The topological polar surface area (TPSA) is 28.7 Å². The van der Waals surface area contributed by atoms with Gasteiger partial charge in [-0.1, -0.05) is 37.7 Å². The van der Waals surface area contributed by atoms with Crippen LogP contribution in [0, 0.1) is 10.5 Å². The van der Waals surface area contributed by atoms with Crippen molar-refractivity contribution in [2.75, 3.05) is 0 Å². The Hall–Kier alpha value is -1.55. The molecular formula is C13H13FN2S. The van der Waals surface area contributed by atoms with Crippen molar-refractivity contribution in [3.8, 4) is 11.3 Å². The van der Waals surface area contributed by atoms with Crippen LogP contribution in [-0.4, -0.2) is 9.97 Å². The predicted molar refractivity (Wildman–Crippen MR) is 68.8 cm³/mol. The highest BCUT2D eigenvalue weighted by Gasteiger charge is 2.07. The van der Waals surface area contributed by atoms with Gasteiger partial charge >= 0.3 is 0 Å². The molecule has 0 amide bonds. The fourth-order valence-corrected chi connectivity index (χ4v) is 2.07. The molecule has 1 aromatic heterocycles. The van der Waals surface area contributed by atoms with Crippen LogP contribution in [0.3, 0.4) is 0 Å². The zero-order valence-corrected chi connectivity index (χ0v) is 10.4. The first-order valence-corrected chi connectivity index (χ1v) is 5.95. The van der Waals surface area contributed by atoms with Gasteiger partial charge in [-0.15, -0.1) is 0 Å². The zero-order valence-electron chi connectivity index (χ0n) is 9.53. The van der Waals surface area contributed by atoms with Crippen molar-refractivity contribution in [3.63, 3.8) is 0 Å². The van der Waals surface area contributed by atoms with Crippen molar-refractivity contribution in [2.24, 2.45) is 0 Å². The molecule has 0 aliphatic rings. The van der Waals surface area contributed by atoms with Crippen LogP contribution in [0.4, 0.5) is 4.39 Å². The van der Waals surface area contributed by atoms with E-state index < -0.39 is 0 Å². The van der Waals surface area contributed by atoms with Crippen LogP contribution in [-0.2, 0) is 6.42 Å². The molecule has 0 saturated carbocycles. The molecule has 0 aliphatic carbocycles. The third-order valence-corrected chi connectivity index (χ3v) is 2.92. The molecule has 2 rings (SSSR count). The molecule has 0 unspecified atom stereocenters. The van der Waals surface area contributed by atoms with E-state index in [1.165, 1.54) is 12.1 Å². The Balaban J connectivity index is 2.59. The SMILES string of the molecule is CCCc1c(-c2cccc(F)c2)[nH]cnc1=S. The van der Waals surface area contributed by atoms with E-state index in [0.717, 1.165) is 29.7 Å². The van der Waals surface area contributed by atoms with Crippen molar-refractivity contribution in [3.05, 3.63) is 46.6 Å². The maximum Gasteiger partial charge on any atom is 0.133 e. The molecule has 0 spiro atoms. The second kappa shape index (κ2) is 5.19. The predicted octanol–water partition coefficient (Wildman–Crippen LogP) is 3.90. The number of H-pyrrole nitrogens is 1. The minimum Gasteiger partial charge on any atom is -0.346 e. The van der Waals surface area contributed by atoms with Gasteiger partial charge < -0.3 is 4.98 Å². The van der Waals surface area contributed by atoms with E-state index in [0.29, 0.717) is 4.64 Å². The number of nitrogens with one attached hydrogen (secondary N) is 1. The van der Waals surface area contributed by atoms with Gasteiger partial charge in [0.2, 0.25) is 0 Å². The summed E-state index contributed by atoms with van der Waals surface area (Å²) in [7, 11) is 0. The molecule has 1 aromatic carbocycles. The van der Waals surface area contributed by atoms with E-state index in [9.17, 15) is 4.39 Å². The number of rotatable bonds is 3. The molecular weight excluding hydrogens is 235 g/mol. The van der Waals surface area contributed by atoms with Gasteiger partial charge in [0.1, 0.15) is 10.5 Å². The maximum atomic E-state index is 13.2. The van der Waals surface area contributed by atoms with Crippen molar-refractivity contribution < 1.29 is 4.39 Å². The Morgan fingerprint density at radius 2 is 2.24 bits per heavy atom. The van der Waals surface area contributed by atoms with Gasteiger partial charge in [-0.05, 0) is 18.6 Å². The van der Waals surface area contributed by atoms with E-state index in [1.807, 2.05) is 6.07 Å². The number of hydrogen-bond acceptors (Lipinski definition) is 2. The lowest BCUT2D eigenvalue weighted by Crippen LogP contribution is -1.96. The smallest absolute Gasteiger partial charge is 0.133 e. The number of aromatic nitrogens is 2. The van der Waals surface area contributed by atoms with Crippen molar-refractivity contribution in [2.45, 2.75) is 19.8 Å². The molecule has 0 radical (unpaired) electrons. The normalized spacial score (nSPS) is 10.5. The maximum absolute atomic E-state index is 13.2. The highest BCUT2D eigenvalue weighted by molar-refractivity contribution is 7.71. The molecule has 2 nitrogen and oxygen atoms in total. The number of halogens is 1. The summed E-state index contributed by atoms with van der Waals surface area (Å²) < 4.78 is 13.8. The third-order valence-electron chi connectivity index (χ3n) is 2.56. The second-order valence-corrected chi connectivity index (χ2v) is 4.21. The molecule has 0 aliphatic heterocycles. The van der Waals surface area contributed by atoms with Gasteiger partial charge in [-0.25, -0.2) is 9.37 Å². The second-order valence-electron chi connectivity index (χ2n) is 3.82. The van der Waals surface area contributed by atoms with Gasteiger partial charge in [-0.3, -0.25) is 0 Å². The van der Waals surface area contributed by atoms with Crippen molar-refractivity contribution in [1.29, 1.82) is 0 Å². The lowest BCUT2D eigenvalue weighted by atomic mass is 10.0. The van der Waals surface area contributed by atoms with Gasteiger partial charge in [0.05, 0.1) is 12.0 Å². The monoisotopic (exact) mass is 248 g/mol. The number of benzene rings is 1. The summed E-state index contributed by atoms with van der Waals surface area (Å²) in [6.45, 7) is 2.08. The number of aromatic amines is 1. The highest BCUT2D eigenvalue weighted by atomic mass is 32.1. The molecule has 17 heavy (non-hydrogen) atoms. The minimum atomic E-state index is -0.249. The molecule has 0 fully saturated rings. The number of hydrogen-bond donors (Lipinski definition) is 1. The minimum absolute atomic E-state index is 0.249. The lowest BCUT2D eigenvalue weighted by molar-refractivity contribution is 0.628. The van der Waals surface area contributed by atoms with Crippen molar-refractivity contribution in [1.82, 2.24) is 9.97 Å². The standard InChI is InChI=1S/C13H13FN2S/c1-2-4-11-12(15-8-16-13(11)17)9-5-3-6-10(14)7-9/h3,5-8H,2,4H2,1H3,(H,15,16,17). The first-order chi connectivity index (χ1) is 8.22. The third kappa shape index (κ3) is 2.58. The summed E-state index contributed by atoms with van der Waals surface area (Å²) >= 11 is 5.21. The summed E-state index contributed by atoms with van der Waals surface area (Å²) in [4.78, 5) is 7.13. The Morgan fingerprint density at radius 1 is 1.41 bits per heavy atom. The summed E-state index contributed by atoms with van der Waals surface area (Å²) in [5.41, 5.74) is 2.66. The van der Waals surface area contributed by atoms with Crippen LogP contribution >= 0.6 is 12.2 Å². The summed E-state index contributed by atoms with van der Waals surface area (Å²) in [6, 6.07) is 6.49.